The molecule has 1 aromatic carbocycles. The second-order valence-electron chi connectivity index (χ2n) is 7.82. The van der Waals surface area contributed by atoms with Crippen molar-refractivity contribution in [3.8, 4) is 10.6 Å². The number of hydrogen-bond acceptors (Lipinski definition) is 4. The summed E-state index contributed by atoms with van der Waals surface area (Å²) in [6, 6.07) is 7.78. The Hall–Kier alpha value is -1.26. The highest BCUT2D eigenvalue weighted by Gasteiger charge is 2.49. The van der Waals surface area contributed by atoms with E-state index in [0.29, 0.717) is 11.5 Å². The summed E-state index contributed by atoms with van der Waals surface area (Å²) in [5.74, 6) is 0.786. The molecule has 0 spiro atoms. The maximum atomic E-state index is 4.30. The molecule has 134 valence electrons. The van der Waals surface area contributed by atoms with Gasteiger partial charge in [-0.05, 0) is 67.8 Å². The second kappa shape index (κ2) is 6.81. The molecule has 0 bridgehead atoms. The fraction of sp³-hybridized carbons (Fsp3) is 0.619. The first-order valence-electron chi connectivity index (χ1n) is 9.79. The third-order valence-electron chi connectivity index (χ3n) is 6.94. The van der Waals surface area contributed by atoms with Crippen molar-refractivity contribution in [3.63, 3.8) is 0 Å². The average Bonchev–Trinajstić information content (AvgIpc) is 3.21. The summed E-state index contributed by atoms with van der Waals surface area (Å²) in [6.45, 7) is 5.84. The average molecular weight is 356 g/mol. The van der Waals surface area contributed by atoms with Gasteiger partial charge in [-0.15, -0.1) is 10.2 Å². The first-order chi connectivity index (χ1) is 12.2. The summed E-state index contributed by atoms with van der Waals surface area (Å²) in [5.41, 5.74) is 6.62. The molecule has 4 rings (SSSR count). The molecule has 0 N–H and O–H groups in total. The molecule has 1 aromatic heterocycles. The molecular formula is C21H29N3S. The zero-order chi connectivity index (χ0) is 17.4. The number of rotatable bonds is 4. The lowest BCUT2D eigenvalue weighted by atomic mass is 9.54. The molecule has 0 aliphatic heterocycles. The summed E-state index contributed by atoms with van der Waals surface area (Å²) in [6.07, 6.45) is 7.93. The molecule has 2 aliphatic rings. The van der Waals surface area contributed by atoms with Gasteiger partial charge in [0, 0.05) is 11.6 Å². The number of benzene rings is 1. The summed E-state index contributed by atoms with van der Waals surface area (Å²) in [4.78, 5) is 2.60. The Morgan fingerprint density at radius 1 is 1.28 bits per heavy atom. The lowest BCUT2D eigenvalue weighted by Gasteiger charge is -2.54. The van der Waals surface area contributed by atoms with E-state index in [0.717, 1.165) is 17.5 Å². The van der Waals surface area contributed by atoms with Gasteiger partial charge in [0.25, 0.3) is 0 Å². The first-order valence-corrected chi connectivity index (χ1v) is 10.7. The molecule has 2 aromatic rings. The topological polar surface area (TPSA) is 29.0 Å². The van der Waals surface area contributed by atoms with E-state index in [4.69, 9.17) is 0 Å². The fourth-order valence-electron chi connectivity index (χ4n) is 5.51. The van der Waals surface area contributed by atoms with Gasteiger partial charge in [0.2, 0.25) is 0 Å². The van der Waals surface area contributed by atoms with Gasteiger partial charge in [-0.2, -0.15) is 0 Å². The third-order valence-corrected chi connectivity index (χ3v) is 7.68. The highest BCUT2D eigenvalue weighted by atomic mass is 32.1. The molecule has 2 unspecified atom stereocenters. The van der Waals surface area contributed by atoms with E-state index in [2.05, 4.69) is 54.2 Å². The quantitative estimate of drug-likeness (QED) is 0.779. The summed E-state index contributed by atoms with van der Waals surface area (Å²) < 4.78 is 0. The highest BCUT2D eigenvalue weighted by molar-refractivity contribution is 7.12. The van der Waals surface area contributed by atoms with Crippen molar-refractivity contribution in [3.05, 3.63) is 34.8 Å². The van der Waals surface area contributed by atoms with E-state index in [1.165, 1.54) is 44.1 Å². The minimum absolute atomic E-state index is 0.348. The van der Waals surface area contributed by atoms with E-state index in [1.807, 2.05) is 5.51 Å². The molecule has 2 aliphatic carbocycles. The Labute approximate surface area is 155 Å². The molecule has 4 heteroatoms. The molecule has 1 saturated carbocycles. The van der Waals surface area contributed by atoms with Crippen molar-refractivity contribution in [2.45, 2.75) is 63.8 Å². The van der Waals surface area contributed by atoms with Crippen molar-refractivity contribution < 1.29 is 0 Å². The molecule has 0 amide bonds. The zero-order valence-corrected chi connectivity index (χ0v) is 16.5. The smallest absolute Gasteiger partial charge is 0.147 e. The van der Waals surface area contributed by atoms with Crippen LogP contribution in [0.15, 0.2) is 23.7 Å². The Balaban J connectivity index is 1.84. The highest BCUT2D eigenvalue weighted by Crippen LogP contribution is 2.53. The van der Waals surface area contributed by atoms with Crippen LogP contribution in [0.4, 0.5) is 0 Å². The van der Waals surface area contributed by atoms with Crippen LogP contribution >= 0.6 is 11.3 Å². The van der Waals surface area contributed by atoms with E-state index in [1.54, 1.807) is 22.5 Å². The van der Waals surface area contributed by atoms with Crippen LogP contribution < -0.4 is 0 Å². The van der Waals surface area contributed by atoms with E-state index >= 15 is 0 Å². The van der Waals surface area contributed by atoms with Crippen molar-refractivity contribution in [1.29, 1.82) is 0 Å². The van der Waals surface area contributed by atoms with Gasteiger partial charge in [0.05, 0.1) is 0 Å². The van der Waals surface area contributed by atoms with Crippen molar-refractivity contribution in [2.24, 2.45) is 5.92 Å². The fourth-order valence-corrected chi connectivity index (χ4v) is 6.06. The Kier molecular flexibility index (Phi) is 4.67. The number of hydrogen-bond donors (Lipinski definition) is 0. The Morgan fingerprint density at radius 2 is 2.16 bits per heavy atom. The first kappa shape index (κ1) is 17.2. The lowest BCUT2D eigenvalue weighted by molar-refractivity contribution is 0.0586. The standard InChI is InChI=1S/C21H29N3S/c1-4-21-11-7-6-8-17(21)19(24(3)5-2)13-15-9-10-16(12-18(15)21)20-23-22-14-25-20/h9-10,12,14,17,19H,4-8,11,13H2,1-3H3/t17?,19-,21?/m0/s1. The van der Waals surface area contributed by atoms with Gasteiger partial charge < -0.3 is 4.90 Å². The maximum Gasteiger partial charge on any atom is 0.147 e. The van der Waals surface area contributed by atoms with Crippen LogP contribution in [-0.2, 0) is 11.8 Å². The Morgan fingerprint density at radius 3 is 2.88 bits per heavy atom. The van der Waals surface area contributed by atoms with Crippen molar-refractivity contribution in [2.75, 3.05) is 13.6 Å². The molecule has 0 radical (unpaired) electrons. The van der Waals surface area contributed by atoms with Gasteiger partial charge >= 0.3 is 0 Å². The number of fused-ring (bicyclic) bond motifs is 3. The lowest BCUT2D eigenvalue weighted by Crippen LogP contribution is -2.54. The minimum Gasteiger partial charge on any atom is -0.303 e. The van der Waals surface area contributed by atoms with Crippen molar-refractivity contribution >= 4 is 11.3 Å². The molecule has 25 heavy (non-hydrogen) atoms. The van der Waals surface area contributed by atoms with Crippen LogP contribution in [0, 0.1) is 5.92 Å². The molecule has 1 fully saturated rings. The van der Waals surface area contributed by atoms with Gasteiger partial charge in [-0.3, -0.25) is 0 Å². The number of nitrogens with zero attached hydrogens (tertiary/aromatic N) is 3. The molecule has 1 heterocycles. The largest absolute Gasteiger partial charge is 0.303 e. The number of likely N-dealkylation sites (N-methyl/N-ethyl adjacent to an activating group) is 1. The number of aromatic nitrogens is 2. The summed E-state index contributed by atoms with van der Waals surface area (Å²) >= 11 is 1.64. The predicted molar refractivity (Wildman–Crippen MR) is 105 cm³/mol. The molecular weight excluding hydrogens is 326 g/mol. The van der Waals surface area contributed by atoms with E-state index < -0.39 is 0 Å². The van der Waals surface area contributed by atoms with Crippen LogP contribution in [-0.4, -0.2) is 34.7 Å². The van der Waals surface area contributed by atoms with Crippen LogP contribution in [0.1, 0.15) is 57.1 Å². The molecule has 0 saturated heterocycles. The second-order valence-corrected chi connectivity index (χ2v) is 8.66. The van der Waals surface area contributed by atoms with Gasteiger partial charge in [-0.25, -0.2) is 0 Å². The van der Waals surface area contributed by atoms with Crippen LogP contribution in [0.3, 0.4) is 0 Å². The Bertz CT molecular complexity index is 727. The predicted octanol–water partition coefficient (Wildman–Crippen LogP) is 4.92. The normalized spacial score (nSPS) is 28.6. The summed E-state index contributed by atoms with van der Waals surface area (Å²) in [5, 5.41) is 9.39. The van der Waals surface area contributed by atoms with Gasteiger partial charge in [-0.1, -0.05) is 50.2 Å². The van der Waals surface area contributed by atoms with Crippen LogP contribution in [0.5, 0.6) is 0 Å². The van der Waals surface area contributed by atoms with Crippen molar-refractivity contribution in [1.82, 2.24) is 15.1 Å². The zero-order valence-electron chi connectivity index (χ0n) is 15.7. The monoisotopic (exact) mass is 355 g/mol. The van der Waals surface area contributed by atoms with Gasteiger partial charge in [0.1, 0.15) is 10.5 Å². The minimum atomic E-state index is 0.348. The van der Waals surface area contributed by atoms with Crippen LogP contribution in [0.2, 0.25) is 0 Å². The van der Waals surface area contributed by atoms with Crippen LogP contribution in [0.25, 0.3) is 10.6 Å². The molecule has 3 nitrogen and oxygen atoms in total. The molecule has 3 atom stereocenters. The SMILES string of the molecule is CCN(C)[C@H]1Cc2ccc(-c3nncs3)cc2C2(CC)CCCCC12. The summed E-state index contributed by atoms with van der Waals surface area (Å²) in [7, 11) is 2.32. The maximum absolute atomic E-state index is 4.30. The van der Waals surface area contributed by atoms with E-state index in [9.17, 15) is 0 Å². The van der Waals surface area contributed by atoms with Gasteiger partial charge in [0.15, 0.2) is 0 Å². The third kappa shape index (κ3) is 2.74. The van der Waals surface area contributed by atoms with E-state index in [-0.39, 0.29) is 0 Å².